The summed E-state index contributed by atoms with van der Waals surface area (Å²) in [5.74, 6) is -0.928. The van der Waals surface area contributed by atoms with Crippen LogP contribution in [0.4, 0.5) is 5.69 Å². The van der Waals surface area contributed by atoms with Crippen LogP contribution >= 0.6 is 39.1 Å². The van der Waals surface area contributed by atoms with Crippen LogP contribution in [0.25, 0.3) is 0 Å². The summed E-state index contributed by atoms with van der Waals surface area (Å²) >= 11 is 16.1. The first-order chi connectivity index (χ1) is 18.4. The number of carbonyl (C=O) groups is 2. The van der Waals surface area contributed by atoms with Gasteiger partial charge in [0.05, 0.1) is 20.6 Å². The molecule has 2 amide bonds. The number of hydrogen-bond acceptors (Lipinski definition) is 4. The highest BCUT2D eigenvalue weighted by Crippen LogP contribution is 2.35. The fourth-order valence-corrected chi connectivity index (χ4v) is 6.14. The number of halogens is 3. The second-order valence-corrected chi connectivity index (χ2v) is 12.6. The Bertz CT molecular complexity index is 1420. The van der Waals surface area contributed by atoms with E-state index in [4.69, 9.17) is 23.2 Å². The van der Waals surface area contributed by atoms with E-state index in [9.17, 15) is 18.0 Å². The Morgan fingerprint density at radius 2 is 1.64 bits per heavy atom. The Hall–Kier alpha value is -2.59. The highest BCUT2D eigenvalue weighted by molar-refractivity contribution is 9.10. The van der Waals surface area contributed by atoms with Gasteiger partial charge in [-0.1, -0.05) is 82.5 Å². The molecule has 0 heterocycles. The van der Waals surface area contributed by atoms with Crippen molar-refractivity contribution in [3.8, 4) is 0 Å². The minimum Gasteiger partial charge on any atom is -0.352 e. The molecule has 0 saturated carbocycles. The maximum atomic E-state index is 13.9. The molecule has 0 bridgehead atoms. The average molecular weight is 655 g/mol. The number of benzene rings is 3. The van der Waals surface area contributed by atoms with Gasteiger partial charge in [0.15, 0.2) is 0 Å². The molecule has 39 heavy (non-hydrogen) atoms. The van der Waals surface area contributed by atoms with Crippen LogP contribution in [-0.2, 0) is 26.2 Å². The first-order valence-corrected chi connectivity index (χ1v) is 15.3. The molecule has 1 N–H and O–H groups in total. The van der Waals surface area contributed by atoms with Gasteiger partial charge in [-0.05, 0) is 62.2 Å². The Morgan fingerprint density at radius 3 is 2.28 bits per heavy atom. The largest absolute Gasteiger partial charge is 0.352 e. The zero-order valence-electron chi connectivity index (χ0n) is 21.8. The van der Waals surface area contributed by atoms with Crippen LogP contribution in [0.1, 0.15) is 32.8 Å². The van der Waals surface area contributed by atoms with Crippen LogP contribution < -0.4 is 9.62 Å². The summed E-state index contributed by atoms with van der Waals surface area (Å²) in [5, 5.41) is 3.04. The fourth-order valence-electron chi connectivity index (χ4n) is 3.80. The van der Waals surface area contributed by atoms with Crippen molar-refractivity contribution in [3.63, 3.8) is 0 Å². The van der Waals surface area contributed by atoms with Crippen molar-refractivity contribution in [2.75, 3.05) is 10.8 Å². The molecule has 7 nitrogen and oxygen atoms in total. The van der Waals surface area contributed by atoms with E-state index in [0.29, 0.717) is 6.42 Å². The number of anilines is 1. The molecule has 0 spiro atoms. The second kappa shape index (κ2) is 13.7. The van der Waals surface area contributed by atoms with E-state index >= 15 is 0 Å². The Labute approximate surface area is 248 Å². The van der Waals surface area contributed by atoms with Crippen molar-refractivity contribution >= 4 is 66.7 Å². The molecule has 3 rings (SSSR count). The van der Waals surface area contributed by atoms with Crippen molar-refractivity contribution in [2.45, 2.75) is 50.7 Å². The van der Waals surface area contributed by atoms with E-state index in [0.717, 1.165) is 14.3 Å². The number of rotatable bonds is 11. The predicted molar refractivity (Wildman–Crippen MR) is 159 cm³/mol. The van der Waals surface area contributed by atoms with Gasteiger partial charge in [-0.3, -0.25) is 13.9 Å². The van der Waals surface area contributed by atoms with E-state index in [2.05, 4.69) is 21.2 Å². The molecule has 0 aliphatic carbocycles. The van der Waals surface area contributed by atoms with Crippen LogP contribution in [-0.4, -0.2) is 43.8 Å². The molecule has 0 fully saturated rings. The molecule has 0 aliphatic heterocycles. The number of nitrogens with zero attached hydrogens (tertiary/aromatic N) is 2. The lowest BCUT2D eigenvalue weighted by Crippen LogP contribution is -2.52. The maximum Gasteiger partial charge on any atom is 0.264 e. The quantitative estimate of drug-likeness (QED) is 0.264. The van der Waals surface area contributed by atoms with Crippen molar-refractivity contribution in [3.05, 3.63) is 92.9 Å². The summed E-state index contributed by atoms with van der Waals surface area (Å²) in [6.45, 7) is 4.92. The average Bonchev–Trinajstić information content (AvgIpc) is 2.92. The zero-order chi connectivity index (χ0) is 28.7. The minimum absolute atomic E-state index is 0.00688. The van der Waals surface area contributed by atoms with E-state index in [1.807, 2.05) is 38.1 Å². The van der Waals surface area contributed by atoms with Gasteiger partial charge in [0, 0.05) is 17.1 Å². The molecule has 2 atom stereocenters. The lowest BCUT2D eigenvalue weighted by atomic mass is 10.1. The number of hydrogen-bond donors (Lipinski definition) is 1. The third-order valence-corrected chi connectivity index (χ3v) is 9.30. The molecule has 0 aromatic heterocycles. The maximum absolute atomic E-state index is 13.9. The zero-order valence-corrected chi connectivity index (χ0v) is 25.7. The topological polar surface area (TPSA) is 86.8 Å². The molecular weight excluding hydrogens is 625 g/mol. The van der Waals surface area contributed by atoms with Crippen molar-refractivity contribution in [1.82, 2.24) is 10.2 Å². The van der Waals surface area contributed by atoms with E-state index in [1.165, 1.54) is 29.2 Å². The van der Waals surface area contributed by atoms with Crippen LogP contribution in [0, 0.1) is 0 Å². The molecule has 0 saturated heterocycles. The number of amides is 2. The van der Waals surface area contributed by atoms with Gasteiger partial charge in [0.2, 0.25) is 11.8 Å². The van der Waals surface area contributed by atoms with Gasteiger partial charge >= 0.3 is 0 Å². The Balaban J connectivity index is 2.06. The summed E-state index contributed by atoms with van der Waals surface area (Å²) < 4.78 is 29.4. The Morgan fingerprint density at radius 1 is 0.974 bits per heavy atom. The minimum atomic E-state index is -4.24. The van der Waals surface area contributed by atoms with Gasteiger partial charge in [-0.25, -0.2) is 8.42 Å². The monoisotopic (exact) mass is 653 g/mol. The molecule has 2 unspecified atom stereocenters. The highest BCUT2D eigenvalue weighted by atomic mass is 79.9. The third-order valence-electron chi connectivity index (χ3n) is 6.22. The second-order valence-electron chi connectivity index (χ2n) is 9.04. The van der Waals surface area contributed by atoms with Crippen molar-refractivity contribution in [2.24, 2.45) is 0 Å². The molecule has 3 aromatic carbocycles. The summed E-state index contributed by atoms with van der Waals surface area (Å²) in [6.07, 6.45) is 0.717. The molecular formula is C28H30BrCl2N3O4S. The van der Waals surface area contributed by atoms with Crippen LogP contribution in [0.15, 0.2) is 82.2 Å². The third kappa shape index (κ3) is 7.75. The van der Waals surface area contributed by atoms with Crippen LogP contribution in [0.2, 0.25) is 10.0 Å². The summed E-state index contributed by atoms with van der Waals surface area (Å²) in [5.41, 5.74) is 0.819. The van der Waals surface area contributed by atoms with Gasteiger partial charge in [0.1, 0.15) is 12.6 Å². The predicted octanol–water partition coefficient (Wildman–Crippen LogP) is 6.28. The SMILES string of the molecule is CCC(C)NC(=O)C(C)N(Cc1cccc(Br)c1)C(=O)CN(c1cccc(Cl)c1Cl)S(=O)(=O)c1ccccc1. The van der Waals surface area contributed by atoms with Gasteiger partial charge in [0.25, 0.3) is 10.0 Å². The molecule has 0 radical (unpaired) electrons. The molecule has 208 valence electrons. The van der Waals surface area contributed by atoms with Crippen molar-refractivity contribution in [1.29, 1.82) is 0 Å². The normalized spacial score (nSPS) is 12.9. The van der Waals surface area contributed by atoms with Crippen LogP contribution in [0.5, 0.6) is 0 Å². The lowest BCUT2D eigenvalue weighted by Gasteiger charge is -2.32. The molecule has 11 heteroatoms. The Kier molecular flexibility index (Phi) is 10.8. The van der Waals surface area contributed by atoms with E-state index in [-0.39, 0.29) is 39.1 Å². The number of nitrogens with one attached hydrogen (secondary N) is 1. The lowest BCUT2D eigenvalue weighted by molar-refractivity contribution is -0.139. The number of carbonyl (C=O) groups excluding carboxylic acids is 2. The summed E-state index contributed by atoms with van der Waals surface area (Å²) in [6, 6.07) is 18.7. The standard InChI is InChI=1S/C28H30BrCl2N3O4S/c1-4-19(2)32-28(36)20(3)33(17-21-10-8-11-22(29)16-21)26(35)18-34(25-15-9-14-24(30)27(25)31)39(37,38)23-12-6-5-7-13-23/h5-16,19-20H,4,17-18H2,1-3H3,(H,32,36). The first-order valence-electron chi connectivity index (χ1n) is 12.3. The first kappa shape index (κ1) is 30.9. The van der Waals surface area contributed by atoms with Gasteiger partial charge in [-0.2, -0.15) is 0 Å². The smallest absolute Gasteiger partial charge is 0.264 e. The molecule has 3 aromatic rings. The van der Waals surface area contributed by atoms with Gasteiger partial charge < -0.3 is 10.2 Å². The molecule has 0 aliphatic rings. The van der Waals surface area contributed by atoms with E-state index in [1.54, 1.807) is 31.2 Å². The van der Waals surface area contributed by atoms with E-state index < -0.39 is 28.5 Å². The van der Waals surface area contributed by atoms with Crippen LogP contribution in [0.3, 0.4) is 0 Å². The van der Waals surface area contributed by atoms with Gasteiger partial charge in [-0.15, -0.1) is 0 Å². The summed E-state index contributed by atoms with van der Waals surface area (Å²) in [4.78, 5) is 28.4. The fraction of sp³-hybridized carbons (Fsp3) is 0.286. The summed E-state index contributed by atoms with van der Waals surface area (Å²) in [7, 11) is -4.24. The highest BCUT2D eigenvalue weighted by Gasteiger charge is 2.33. The number of sulfonamides is 1. The van der Waals surface area contributed by atoms with Crippen molar-refractivity contribution < 1.29 is 18.0 Å².